The van der Waals surface area contributed by atoms with Crippen LogP contribution in [0, 0.1) is 6.92 Å². The summed E-state index contributed by atoms with van der Waals surface area (Å²) in [6.45, 7) is 1.90. The number of anilines is 2. The number of carboxylic acids is 1. The molecule has 1 heterocycles. The summed E-state index contributed by atoms with van der Waals surface area (Å²) in [5, 5.41) is 13.1. The smallest absolute Gasteiger partial charge is 0.335 e. The van der Waals surface area contributed by atoms with E-state index in [4.69, 9.17) is 5.11 Å². The zero-order chi connectivity index (χ0) is 15.7. The molecule has 110 valence electrons. The van der Waals surface area contributed by atoms with Crippen LogP contribution in [0.1, 0.15) is 15.9 Å². The van der Waals surface area contributed by atoms with E-state index in [0.717, 1.165) is 27.8 Å². The molecule has 0 aliphatic rings. The molecule has 0 atom stereocenters. The lowest BCUT2D eigenvalue weighted by molar-refractivity contribution is 0.0697. The molecule has 5 heteroatoms. The van der Waals surface area contributed by atoms with Gasteiger partial charge in [0.25, 0.3) is 0 Å². The van der Waals surface area contributed by atoms with Gasteiger partial charge < -0.3 is 15.4 Å². The molecule has 0 unspecified atom stereocenters. The molecule has 0 aliphatic carbocycles. The van der Waals surface area contributed by atoms with Gasteiger partial charge >= 0.3 is 5.97 Å². The van der Waals surface area contributed by atoms with Gasteiger partial charge in [0.15, 0.2) is 0 Å². The Balaban J connectivity index is 1.93. The number of aromatic nitrogens is 1. The molecule has 2 aromatic carbocycles. The number of benzene rings is 2. The van der Waals surface area contributed by atoms with Crippen molar-refractivity contribution < 1.29 is 9.90 Å². The van der Waals surface area contributed by atoms with E-state index < -0.39 is 5.97 Å². The molecule has 1 aromatic heterocycles. The summed E-state index contributed by atoms with van der Waals surface area (Å²) in [6, 6.07) is 13.8. The molecule has 0 amide bonds. The number of nitrogens with one attached hydrogen (secondary N) is 2. The number of aromatic carboxylic acids is 1. The van der Waals surface area contributed by atoms with Crippen molar-refractivity contribution in [1.82, 2.24) is 4.98 Å². The van der Waals surface area contributed by atoms with Crippen LogP contribution in [0.4, 0.5) is 11.4 Å². The normalized spacial score (nSPS) is 10.6. The number of pyridine rings is 1. The van der Waals surface area contributed by atoms with Crippen molar-refractivity contribution in [2.75, 3.05) is 5.32 Å². The number of hydrogen-bond donors (Lipinski definition) is 3. The average Bonchev–Trinajstić information content (AvgIpc) is 2.47. The number of aromatic amines is 1. The van der Waals surface area contributed by atoms with Gasteiger partial charge in [-0.3, -0.25) is 4.79 Å². The predicted octanol–water partition coefficient (Wildman–Crippen LogP) is 3.28. The van der Waals surface area contributed by atoms with Gasteiger partial charge in [-0.15, -0.1) is 0 Å². The Bertz CT molecular complexity index is 911. The first kappa shape index (κ1) is 13.9. The first-order chi connectivity index (χ1) is 10.5. The van der Waals surface area contributed by atoms with Crippen molar-refractivity contribution in [1.29, 1.82) is 0 Å². The van der Waals surface area contributed by atoms with Gasteiger partial charge in [0.1, 0.15) is 0 Å². The number of rotatable bonds is 3. The van der Waals surface area contributed by atoms with Gasteiger partial charge in [0, 0.05) is 22.8 Å². The fourth-order valence-electron chi connectivity index (χ4n) is 2.38. The number of hydrogen-bond acceptors (Lipinski definition) is 3. The number of carboxylic acid groups (broad SMARTS) is 1. The van der Waals surface area contributed by atoms with E-state index in [9.17, 15) is 9.59 Å². The van der Waals surface area contributed by atoms with E-state index in [1.807, 2.05) is 25.1 Å². The molecule has 0 fully saturated rings. The first-order valence-corrected chi connectivity index (χ1v) is 6.77. The van der Waals surface area contributed by atoms with E-state index in [1.54, 1.807) is 18.2 Å². The lowest BCUT2D eigenvalue weighted by Crippen LogP contribution is -2.05. The van der Waals surface area contributed by atoms with Gasteiger partial charge in [-0.2, -0.15) is 0 Å². The molecule has 3 N–H and O–H groups in total. The van der Waals surface area contributed by atoms with Crippen molar-refractivity contribution in [2.45, 2.75) is 6.92 Å². The third-order valence-electron chi connectivity index (χ3n) is 3.47. The fraction of sp³-hybridized carbons (Fsp3) is 0.0588. The second kappa shape index (κ2) is 5.37. The van der Waals surface area contributed by atoms with Gasteiger partial charge in [0.2, 0.25) is 5.56 Å². The van der Waals surface area contributed by atoms with Crippen molar-refractivity contribution in [3.8, 4) is 0 Å². The summed E-state index contributed by atoms with van der Waals surface area (Å²) < 4.78 is 0. The monoisotopic (exact) mass is 294 g/mol. The zero-order valence-electron chi connectivity index (χ0n) is 11.9. The highest BCUT2D eigenvalue weighted by molar-refractivity contribution is 5.88. The second-order valence-electron chi connectivity index (χ2n) is 5.08. The van der Waals surface area contributed by atoms with Gasteiger partial charge in [-0.25, -0.2) is 4.79 Å². The molecular weight excluding hydrogens is 280 g/mol. The number of aryl methyl sites for hydroxylation is 1. The Morgan fingerprint density at radius 2 is 1.73 bits per heavy atom. The minimum Gasteiger partial charge on any atom is -0.478 e. The predicted molar refractivity (Wildman–Crippen MR) is 86.0 cm³/mol. The molecular formula is C17H14N2O3. The van der Waals surface area contributed by atoms with Gasteiger partial charge in [-0.05, 0) is 48.9 Å². The lowest BCUT2D eigenvalue weighted by atomic mass is 10.1. The van der Waals surface area contributed by atoms with Gasteiger partial charge in [-0.1, -0.05) is 6.07 Å². The topological polar surface area (TPSA) is 82.2 Å². The molecule has 0 saturated carbocycles. The van der Waals surface area contributed by atoms with Crippen LogP contribution in [-0.4, -0.2) is 16.1 Å². The Kier molecular flexibility index (Phi) is 3.39. The summed E-state index contributed by atoms with van der Waals surface area (Å²) in [7, 11) is 0. The van der Waals surface area contributed by atoms with Crippen molar-refractivity contribution in [2.24, 2.45) is 0 Å². The van der Waals surface area contributed by atoms with E-state index in [2.05, 4.69) is 10.3 Å². The van der Waals surface area contributed by atoms with Crippen LogP contribution >= 0.6 is 0 Å². The quantitative estimate of drug-likeness (QED) is 0.692. The first-order valence-electron chi connectivity index (χ1n) is 6.77. The molecule has 22 heavy (non-hydrogen) atoms. The standard InChI is InChI=1S/C17H14N2O3/c1-10-8-16(20)19-15-9-13(6-7-14(10)15)18-12-4-2-11(3-5-12)17(21)22/h2-9,18H,1H3,(H,19,20)(H,21,22). The summed E-state index contributed by atoms with van der Waals surface area (Å²) in [5.41, 5.74) is 3.39. The molecule has 0 aliphatic heterocycles. The number of carbonyl (C=O) groups is 1. The second-order valence-corrected chi connectivity index (χ2v) is 5.08. The molecule has 0 bridgehead atoms. The Hall–Kier alpha value is -3.08. The van der Waals surface area contributed by atoms with Crippen molar-refractivity contribution in [3.05, 3.63) is 70.0 Å². The van der Waals surface area contributed by atoms with Crippen LogP contribution in [0.5, 0.6) is 0 Å². The highest BCUT2D eigenvalue weighted by Gasteiger charge is 2.04. The van der Waals surface area contributed by atoms with E-state index in [0.29, 0.717) is 0 Å². The van der Waals surface area contributed by atoms with Crippen LogP contribution in [0.25, 0.3) is 10.9 Å². The maximum absolute atomic E-state index is 11.5. The molecule has 3 aromatic rings. The maximum Gasteiger partial charge on any atom is 0.335 e. The van der Waals surface area contributed by atoms with Gasteiger partial charge in [0.05, 0.1) is 11.1 Å². The molecule has 0 spiro atoms. The van der Waals surface area contributed by atoms with Crippen LogP contribution < -0.4 is 10.9 Å². The van der Waals surface area contributed by atoms with Crippen molar-refractivity contribution in [3.63, 3.8) is 0 Å². The molecule has 5 nitrogen and oxygen atoms in total. The minimum atomic E-state index is -0.953. The van der Waals surface area contributed by atoms with Crippen LogP contribution in [0.3, 0.4) is 0 Å². The minimum absolute atomic E-state index is 0.132. The van der Waals surface area contributed by atoms with E-state index in [1.165, 1.54) is 12.1 Å². The van der Waals surface area contributed by atoms with Crippen molar-refractivity contribution >= 4 is 28.2 Å². The van der Waals surface area contributed by atoms with E-state index in [-0.39, 0.29) is 11.1 Å². The molecule has 0 radical (unpaired) electrons. The largest absolute Gasteiger partial charge is 0.478 e. The Labute approximate surface area is 126 Å². The fourth-order valence-corrected chi connectivity index (χ4v) is 2.38. The Morgan fingerprint density at radius 3 is 2.41 bits per heavy atom. The molecule has 3 rings (SSSR count). The summed E-state index contributed by atoms with van der Waals surface area (Å²) in [4.78, 5) is 25.2. The highest BCUT2D eigenvalue weighted by Crippen LogP contribution is 2.22. The highest BCUT2D eigenvalue weighted by atomic mass is 16.4. The summed E-state index contributed by atoms with van der Waals surface area (Å²) >= 11 is 0. The molecule has 0 saturated heterocycles. The zero-order valence-corrected chi connectivity index (χ0v) is 11.9. The Morgan fingerprint density at radius 1 is 1.05 bits per heavy atom. The number of fused-ring (bicyclic) bond motifs is 1. The van der Waals surface area contributed by atoms with E-state index >= 15 is 0 Å². The van der Waals surface area contributed by atoms with Crippen LogP contribution in [0.2, 0.25) is 0 Å². The lowest BCUT2D eigenvalue weighted by Gasteiger charge is -2.09. The summed E-state index contributed by atoms with van der Waals surface area (Å²) in [6.07, 6.45) is 0. The average molecular weight is 294 g/mol. The number of H-pyrrole nitrogens is 1. The van der Waals surface area contributed by atoms with Crippen LogP contribution in [-0.2, 0) is 0 Å². The van der Waals surface area contributed by atoms with Crippen LogP contribution in [0.15, 0.2) is 53.3 Å². The third kappa shape index (κ3) is 2.69. The third-order valence-corrected chi connectivity index (χ3v) is 3.47. The summed E-state index contributed by atoms with van der Waals surface area (Å²) in [5.74, 6) is -0.953. The SMILES string of the molecule is Cc1cc(=O)[nH]c2cc(Nc3ccc(C(=O)O)cc3)ccc12. The maximum atomic E-state index is 11.5.